The Morgan fingerprint density at radius 2 is 1.79 bits per heavy atom. The van der Waals surface area contributed by atoms with Crippen LogP contribution >= 0.6 is 0 Å². The molecule has 0 radical (unpaired) electrons. The summed E-state index contributed by atoms with van der Waals surface area (Å²) in [7, 11) is 0. The van der Waals surface area contributed by atoms with E-state index in [1.807, 2.05) is 18.2 Å². The van der Waals surface area contributed by atoms with E-state index in [-0.39, 0.29) is 17.2 Å². The van der Waals surface area contributed by atoms with E-state index in [2.05, 4.69) is 48.1 Å². The lowest BCUT2D eigenvalue weighted by molar-refractivity contribution is -0.117. The van der Waals surface area contributed by atoms with Crippen LogP contribution in [0.4, 0.5) is 11.4 Å². The maximum Gasteiger partial charge on any atom is 0.253 e. The molecule has 2 fully saturated rings. The predicted molar refractivity (Wildman–Crippen MR) is 134 cm³/mol. The normalized spacial score (nSPS) is 18.2. The summed E-state index contributed by atoms with van der Waals surface area (Å²) in [6.07, 6.45) is 3.75. The highest BCUT2D eigenvalue weighted by Gasteiger charge is 2.22. The lowest BCUT2D eigenvalue weighted by Gasteiger charge is -2.26. The highest BCUT2D eigenvalue weighted by Crippen LogP contribution is 2.29. The van der Waals surface area contributed by atoms with Crippen LogP contribution in [0.3, 0.4) is 0 Å². The second-order valence-corrected chi connectivity index (χ2v) is 10.8. The first-order valence-electron chi connectivity index (χ1n) is 12.5. The smallest absolute Gasteiger partial charge is 0.253 e. The summed E-state index contributed by atoms with van der Waals surface area (Å²) >= 11 is 0. The van der Waals surface area contributed by atoms with E-state index < -0.39 is 0 Å². The minimum Gasteiger partial charge on any atom is -0.379 e. The van der Waals surface area contributed by atoms with E-state index in [9.17, 15) is 9.59 Å². The molecule has 184 valence electrons. The molecule has 0 aromatic heterocycles. The topological polar surface area (TPSA) is 73.9 Å². The number of nitrogens with one attached hydrogen (secondary N) is 2. The average molecular weight is 459 g/mol. The van der Waals surface area contributed by atoms with Gasteiger partial charge < -0.3 is 20.3 Å². The Balaban J connectivity index is 1.64. The summed E-state index contributed by atoms with van der Waals surface area (Å²) in [5, 5.41) is 6.11. The first kappa shape index (κ1) is 25.5. The molecule has 2 aliphatic heterocycles. The summed E-state index contributed by atoms with van der Waals surface area (Å²) < 4.78 is 5.39. The van der Waals surface area contributed by atoms with E-state index in [1.165, 1.54) is 0 Å². The van der Waals surface area contributed by atoms with Crippen LogP contribution in [0.2, 0.25) is 0 Å². The van der Waals surface area contributed by atoms with Crippen molar-refractivity contribution in [3.8, 4) is 0 Å². The van der Waals surface area contributed by atoms with Crippen molar-refractivity contribution in [3.63, 3.8) is 0 Å². The van der Waals surface area contributed by atoms with Crippen LogP contribution in [0, 0.1) is 11.3 Å². The minimum absolute atomic E-state index is 0.000604. The number of hydrogen-bond acceptors (Lipinski definition) is 5. The quantitative estimate of drug-likeness (QED) is 0.590. The molecule has 2 heterocycles. The number of hydrogen-bond donors (Lipinski definition) is 2. The molecule has 33 heavy (non-hydrogen) atoms. The van der Waals surface area contributed by atoms with Gasteiger partial charge in [0.15, 0.2) is 0 Å². The number of nitrogens with zero attached hydrogens (tertiary/aromatic N) is 2. The van der Waals surface area contributed by atoms with E-state index >= 15 is 0 Å². The third kappa shape index (κ3) is 8.31. The Bertz CT molecular complexity index is 793. The van der Waals surface area contributed by atoms with Crippen LogP contribution in [-0.2, 0) is 9.53 Å². The number of benzene rings is 1. The number of morpholine rings is 1. The molecule has 2 amide bonds. The monoisotopic (exact) mass is 458 g/mol. The van der Waals surface area contributed by atoms with Gasteiger partial charge in [-0.05, 0) is 48.8 Å². The molecule has 3 rings (SSSR count). The summed E-state index contributed by atoms with van der Waals surface area (Å²) in [5.74, 6) is 0.221. The van der Waals surface area contributed by atoms with Gasteiger partial charge in [0, 0.05) is 57.1 Å². The molecule has 1 aromatic carbocycles. The van der Waals surface area contributed by atoms with Gasteiger partial charge >= 0.3 is 0 Å². The zero-order valence-electron chi connectivity index (χ0n) is 20.9. The first-order valence-corrected chi connectivity index (χ1v) is 12.5. The second kappa shape index (κ2) is 11.8. The molecule has 1 aromatic rings. The Morgan fingerprint density at radius 3 is 2.45 bits per heavy atom. The zero-order valence-corrected chi connectivity index (χ0v) is 20.9. The van der Waals surface area contributed by atoms with E-state index in [0.717, 1.165) is 70.9 Å². The van der Waals surface area contributed by atoms with Crippen molar-refractivity contribution in [2.45, 2.75) is 53.4 Å². The van der Waals surface area contributed by atoms with Crippen LogP contribution < -0.4 is 15.5 Å². The predicted octanol–water partition coefficient (Wildman–Crippen LogP) is 3.75. The fourth-order valence-electron chi connectivity index (χ4n) is 4.92. The molecule has 2 aliphatic rings. The van der Waals surface area contributed by atoms with Gasteiger partial charge in [0.1, 0.15) is 0 Å². The molecule has 0 bridgehead atoms. The Morgan fingerprint density at radius 1 is 1.09 bits per heavy atom. The molecule has 7 nitrogen and oxygen atoms in total. The Kier molecular flexibility index (Phi) is 9.15. The van der Waals surface area contributed by atoms with Gasteiger partial charge in [-0.2, -0.15) is 0 Å². The second-order valence-electron chi connectivity index (χ2n) is 10.8. The third-order valence-electron chi connectivity index (χ3n) is 6.28. The summed E-state index contributed by atoms with van der Waals surface area (Å²) in [5.41, 5.74) is 2.47. The standard InChI is InChI=1S/C26H42N4O3/c1-20(19-26(2,3)4)17-24(31)28-21-7-8-23(30-10-5-6-11-30)22(18-21)25(32)27-9-12-29-13-15-33-16-14-29/h7-8,18,20H,5-6,9-17,19H2,1-4H3,(H,27,32)(H,28,31). The van der Waals surface area contributed by atoms with Crippen molar-refractivity contribution >= 4 is 23.2 Å². The summed E-state index contributed by atoms with van der Waals surface area (Å²) in [6, 6.07) is 5.74. The van der Waals surface area contributed by atoms with Crippen LogP contribution in [0.25, 0.3) is 0 Å². The lowest BCUT2D eigenvalue weighted by atomic mass is 9.84. The van der Waals surface area contributed by atoms with Gasteiger partial charge in [0.05, 0.1) is 18.8 Å². The van der Waals surface area contributed by atoms with Gasteiger partial charge in [0.25, 0.3) is 5.91 Å². The molecule has 7 heteroatoms. The van der Waals surface area contributed by atoms with Crippen LogP contribution in [0.15, 0.2) is 18.2 Å². The maximum atomic E-state index is 13.1. The molecule has 0 spiro atoms. The third-order valence-corrected chi connectivity index (χ3v) is 6.28. The summed E-state index contributed by atoms with van der Waals surface area (Å²) in [4.78, 5) is 30.4. The minimum atomic E-state index is -0.0811. The molecule has 1 atom stereocenters. The number of carbonyl (C=O) groups is 2. The maximum absolute atomic E-state index is 13.1. The summed E-state index contributed by atoms with van der Waals surface area (Å²) in [6.45, 7) is 15.4. The van der Waals surface area contributed by atoms with Gasteiger partial charge in [-0.25, -0.2) is 0 Å². The first-order chi connectivity index (χ1) is 15.7. The number of rotatable bonds is 9. The fourth-order valence-corrected chi connectivity index (χ4v) is 4.92. The fraction of sp³-hybridized carbons (Fsp3) is 0.692. The van der Waals surface area contributed by atoms with Crippen molar-refractivity contribution in [3.05, 3.63) is 23.8 Å². The molecule has 2 saturated heterocycles. The average Bonchev–Trinajstić information content (AvgIpc) is 3.27. The number of amides is 2. The number of ether oxygens (including phenoxy) is 1. The Labute approximate surface area is 199 Å². The molecule has 0 aliphatic carbocycles. The zero-order chi connectivity index (χ0) is 23.8. The lowest BCUT2D eigenvalue weighted by Crippen LogP contribution is -2.41. The SMILES string of the molecule is CC(CC(=O)Nc1ccc(N2CCCC2)c(C(=O)NCCN2CCOCC2)c1)CC(C)(C)C. The highest BCUT2D eigenvalue weighted by atomic mass is 16.5. The van der Waals surface area contributed by atoms with Gasteiger partial charge in [-0.3, -0.25) is 14.5 Å². The molecule has 0 saturated carbocycles. The number of anilines is 2. The van der Waals surface area contributed by atoms with Crippen molar-refractivity contribution in [2.24, 2.45) is 11.3 Å². The van der Waals surface area contributed by atoms with Crippen molar-refractivity contribution in [1.82, 2.24) is 10.2 Å². The van der Waals surface area contributed by atoms with E-state index in [4.69, 9.17) is 4.74 Å². The van der Waals surface area contributed by atoms with Crippen molar-refractivity contribution in [1.29, 1.82) is 0 Å². The van der Waals surface area contributed by atoms with Crippen LogP contribution in [-0.4, -0.2) is 69.2 Å². The molecular weight excluding hydrogens is 416 g/mol. The Hall–Kier alpha value is -2.12. The van der Waals surface area contributed by atoms with Gasteiger partial charge in [-0.1, -0.05) is 27.7 Å². The van der Waals surface area contributed by atoms with Gasteiger partial charge in [-0.15, -0.1) is 0 Å². The van der Waals surface area contributed by atoms with E-state index in [0.29, 0.717) is 30.1 Å². The van der Waals surface area contributed by atoms with Gasteiger partial charge in [0.2, 0.25) is 5.91 Å². The largest absolute Gasteiger partial charge is 0.379 e. The van der Waals surface area contributed by atoms with Crippen LogP contribution in [0.1, 0.15) is 63.7 Å². The van der Waals surface area contributed by atoms with Crippen molar-refractivity contribution < 1.29 is 14.3 Å². The molecule has 1 unspecified atom stereocenters. The molecule has 2 N–H and O–H groups in total. The highest BCUT2D eigenvalue weighted by molar-refractivity contribution is 6.02. The number of carbonyl (C=O) groups excluding carboxylic acids is 2. The van der Waals surface area contributed by atoms with Crippen molar-refractivity contribution in [2.75, 3.05) is 62.7 Å². The molecular formula is C26H42N4O3. The van der Waals surface area contributed by atoms with E-state index in [1.54, 1.807) is 0 Å². The van der Waals surface area contributed by atoms with Crippen LogP contribution in [0.5, 0.6) is 0 Å².